The van der Waals surface area contributed by atoms with E-state index < -0.39 is 15.7 Å². The van der Waals surface area contributed by atoms with Crippen molar-refractivity contribution in [1.82, 2.24) is 10.2 Å². The zero-order valence-electron chi connectivity index (χ0n) is 15.3. The zero-order valence-corrected chi connectivity index (χ0v) is 16.1. The number of hydrogen-bond donors (Lipinski definition) is 1. The van der Waals surface area contributed by atoms with Gasteiger partial charge in [-0.15, -0.1) is 5.10 Å². The Bertz CT molecular complexity index is 1150. The molecule has 0 atom stereocenters. The van der Waals surface area contributed by atoms with Gasteiger partial charge in [-0.05, 0) is 61.1 Å². The normalized spacial score (nSPS) is 13.8. The Morgan fingerprint density at radius 2 is 1.79 bits per heavy atom. The summed E-state index contributed by atoms with van der Waals surface area (Å²) in [4.78, 5) is 12.5. The number of amides is 1. The molecule has 1 heterocycles. The van der Waals surface area contributed by atoms with Crippen LogP contribution in [0.5, 0.6) is 0 Å². The number of benzene rings is 2. The molecule has 1 aliphatic carbocycles. The Hall–Kier alpha value is -3.00. The molecule has 0 saturated heterocycles. The van der Waals surface area contributed by atoms with Crippen LogP contribution in [0.3, 0.4) is 0 Å². The standard InChI is InChI=1S/C20H19N3O4S/c1-28(25,26)17-9-5-4-8-16(17)18(24)21-20-23-22-19(27-20)15-11-10-13-6-2-3-7-14(13)12-15/h4-5,8-12H,2-3,6-7H2,1H3,(H,21,23,24). The van der Waals surface area contributed by atoms with Crippen LogP contribution in [-0.2, 0) is 22.7 Å². The van der Waals surface area contributed by atoms with Crippen LogP contribution in [0.25, 0.3) is 11.5 Å². The summed E-state index contributed by atoms with van der Waals surface area (Å²) in [5.74, 6) is -0.318. The molecule has 3 aromatic rings. The Balaban J connectivity index is 1.57. The summed E-state index contributed by atoms with van der Waals surface area (Å²) in [6, 6.07) is 12.0. The predicted molar refractivity (Wildman–Crippen MR) is 104 cm³/mol. The van der Waals surface area contributed by atoms with Crippen LogP contribution < -0.4 is 5.32 Å². The Morgan fingerprint density at radius 1 is 1.04 bits per heavy atom. The van der Waals surface area contributed by atoms with Gasteiger partial charge in [0, 0.05) is 11.8 Å². The molecule has 8 heteroatoms. The van der Waals surface area contributed by atoms with Gasteiger partial charge in [-0.25, -0.2) is 8.42 Å². The Kier molecular flexibility index (Phi) is 4.72. The number of carbonyl (C=O) groups is 1. The topological polar surface area (TPSA) is 102 Å². The molecule has 0 aliphatic heterocycles. The molecular formula is C20H19N3O4S. The highest BCUT2D eigenvalue weighted by Crippen LogP contribution is 2.27. The molecule has 1 N–H and O–H groups in total. The smallest absolute Gasteiger partial charge is 0.322 e. The van der Waals surface area contributed by atoms with Crippen molar-refractivity contribution in [2.24, 2.45) is 0 Å². The fourth-order valence-corrected chi connectivity index (χ4v) is 4.28. The summed E-state index contributed by atoms with van der Waals surface area (Å²) < 4.78 is 29.3. The third-order valence-corrected chi connectivity index (χ3v) is 5.93. The van der Waals surface area contributed by atoms with E-state index in [1.54, 1.807) is 12.1 Å². The van der Waals surface area contributed by atoms with Crippen LogP contribution in [0, 0.1) is 0 Å². The third-order valence-electron chi connectivity index (χ3n) is 4.77. The molecule has 28 heavy (non-hydrogen) atoms. The molecule has 2 aromatic carbocycles. The van der Waals surface area contributed by atoms with Crippen molar-refractivity contribution in [2.75, 3.05) is 11.6 Å². The predicted octanol–water partition coefficient (Wildman–Crippen LogP) is 3.27. The number of hydrogen-bond acceptors (Lipinski definition) is 6. The number of fused-ring (bicyclic) bond motifs is 1. The van der Waals surface area contributed by atoms with E-state index in [0.717, 1.165) is 24.7 Å². The molecule has 0 saturated carbocycles. The minimum Gasteiger partial charge on any atom is -0.403 e. The van der Waals surface area contributed by atoms with Crippen molar-refractivity contribution in [1.29, 1.82) is 0 Å². The van der Waals surface area contributed by atoms with Gasteiger partial charge in [-0.2, -0.15) is 0 Å². The van der Waals surface area contributed by atoms with Gasteiger partial charge in [0.2, 0.25) is 5.89 Å². The number of rotatable bonds is 4. The van der Waals surface area contributed by atoms with E-state index in [1.807, 2.05) is 12.1 Å². The summed E-state index contributed by atoms with van der Waals surface area (Å²) in [7, 11) is -3.54. The average molecular weight is 397 g/mol. The fourth-order valence-electron chi connectivity index (χ4n) is 3.40. The number of sulfone groups is 1. The van der Waals surface area contributed by atoms with Crippen molar-refractivity contribution < 1.29 is 17.6 Å². The van der Waals surface area contributed by atoms with Crippen LogP contribution in [0.4, 0.5) is 6.01 Å². The van der Waals surface area contributed by atoms with Gasteiger partial charge >= 0.3 is 6.01 Å². The molecule has 1 aromatic heterocycles. The second kappa shape index (κ2) is 7.20. The van der Waals surface area contributed by atoms with Crippen LogP contribution in [0.15, 0.2) is 51.8 Å². The SMILES string of the molecule is CS(=O)(=O)c1ccccc1C(=O)Nc1nnc(-c2ccc3c(c2)CCCC3)o1. The first kappa shape index (κ1) is 18.4. The highest BCUT2D eigenvalue weighted by atomic mass is 32.2. The first-order valence-electron chi connectivity index (χ1n) is 8.98. The number of carbonyl (C=O) groups excluding carboxylic acids is 1. The van der Waals surface area contributed by atoms with E-state index >= 15 is 0 Å². The molecule has 0 radical (unpaired) electrons. The van der Waals surface area contributed by atoms with Gasteiger partial charge in [0.1, 0.15) is 0 Å². The van der Waals surface area contributed by atoms with Crippen LogP contribution in [0.1, 0.15) is 34.3 Å². The summed E-state index contributed by atoms with van der Waals surface area (Å²) in [6.07, 6.45) is 5.54. The van der Waals surface area contributed by atoms with E-state index in [1.165, 1.54) is 36.1 Å². The highest BCUT2D eigenvalue weighted by Gasteiger charge is 2.20. The van der Waals surface area contributed by atoms with Gasteiger partial charge in [0.15, 0.2) is 9.84 Å². The summed E-state index contributed by atoms with van der Waals surface area (Å²) in [5.41, 5.74) is 3.46. The van der Waals surface area contributed by atoms with E-state index in [4.69, 9.17) is 4.42 Å². The maximum absolute atomic E-state index is 12.5. The Morgan fingerprint density at radius 3 is 2.57 bits per heavy atom. The quantitative estimate of drug-likeness (QED) is 0.725. The maximum atomic E-state index is 12.5. The maximum Gasteiger partial charge on any atom is 0.322 e. The molecule has 144 valence electrons. The van der Waals surface area contributed by atoms with Gasteiger partial charge in [-0.1, -0.05) is 23.3 Å². The molecule has 0 spiro atoms. The van der Waals surface area contributed by atoms with Crippen molar-refractivity contribution >= 4 is 21.8 Å². The van der Waals surface area contributed by atoms with Crippen LogP contribution in [0.2, 0.25) is 0 Å². The number of nitrogens with one attached hydrogen (secondary N) is 1. The van der Waals surface area contributed by atoms with Crippen LogP contribution in [-0.4, -0.2) is 30.8 Å². The molecule has 0 fully saturated rings. The molecule has 1 aliphatic rings. The van der Waals surface area contributed by atoms with Gasteiger partial charge in [0.05, 0.1) is 10.5 Å². The lowest BCUT2D eigenvalue weighted by atomic mass is 9.90. The largest absolute Gasteiger partial charge is 0.403 e. The zero-order chi connectivity index (χ0) is 19.7. The number of anilines is 1. The number of aryl methyl sites for hydroxylation is 2. The number of nitrogens with zero attached hydrogens (tertiary/aromatic N) is 2. The molecule has 4 rings (SSSR count). The molecule has 0 unspecified atom stereocenters. The van der Waals surface area contributed by atoms with E-state index in [9.17, 15) is 13.2 Å². The minimum absolute atomic E-state index is 0.0264. The first-order chi connectivity index (χ1) is 13.4. The highest BCUT2D eigenvalue weighted by molar-refractivity contribution is 7.90. The lowest BCUT2D eigenvalue weighted by molar-refractivity contribution is 0.102. The van der Waals surface area contributed by atoms with Gasteiger partial charge in [-0.3, -0.25) is 10.1 Å². The number of aromatic nitrogens is 2. The van der Waals surface area contributed by atoms with Crippen molar-refractivity contribution in [3.8, 4) is 11.5 Å². The Labute approximate surface area is 162 Å². The molecule has 7 nitrogen and oxygen atoms in total. The lowest BCUT2D eigenvalue weighted by Crippen LogP contribution is -2.16. The third kappa shape index (κ3) is 3.68. The van der Waals surface area contributed by atoms with Gasteiger partial charge < -0.3 is 4.42 Å². The first-order valence-corrected chi connectivity index (χ1v) is 10.9. The molecule has 0 bridgehead atoms. The fraction of sp³-hybridized carbons (Fsp3) is 0.250. The van der Waals surface area contributed by atoms with Crippen LogP contribution >= 0.6 is 0 Å². The minimum atomic E-state index is -3.54. The van der Waals surface area contributed by atoms with Crippen molar-refractivity contribution in [3.05, 3.63) is 59.2 Å². The summed E-state index contributed by atoms with van der Waals surface area (Å²) >= 11 is 0. The molecular weight excluding hydrogens is 378 g/mol. The summed E-state index contributed by atoms with van der Waals surface area (Å²) in [5, 5.41) is 10.3. The lowest BCUT2D eigenvalue weighted by Gasteiger charge is -2.15. The average Bonchev–Trinajstić information content (AvgIpc) is 3.15. The van der Waals surface area contributed by atoms with E-state index in [0.29, 0.717) is 5.89 Å². The second-order valence-electron chi connectivity index (χ2n) is 6.83. The second-order valence-corrected chi connectivity index (χ2v) is 8.81. The molecule has 1 amide bonds. The van der Waals surface area contributed by atoms with Crippen molar-refractivity contribution in [3.63, 3.8) is 0 Å². The van der Waals surface area contributed by atoms with Gasteiger partial charge in [0.25, 0.3) is 5.91 Å². The van der Waals surface area contributed by atoms with E-state index in [-0.39, 0.29) is 16.5 Å². The van der Waals surface area contributed by atoms with Crippen molar-refractivity contribution in [2.45, 2.75) is 30.6 Å². The van der Waals surface area contributed by atoms with E-state index in [2.05, 4.69) is 21.6 Å². The summed E-state index contributed by atoms with van der Waals surface area (Å²) in [6.45, 7) is 0. The monoisotopic (exact) mass is 397 g/mol.